The van der Waals surface area contributed by atoms with Crippen LogP contribution in [0.15, 0.2) is 54.7 Å². The van der Waals surface area contributed by atoms with E-state index in [9.17, 15) is 9.90 Å². The molecule has 1 unspecified atom stereocenters. The van der Waals surface area contributed by atoms with E-state index in [1.165, 1.54) is 16.5 Å². The van der Waals surface area contributed by atoms with Crippen molar-refractivity contribution in [1.82, 2.24) is 9.47 Å². The molecule has 2 aromatic carbocycles. The second-order valence-electron chi connectivity index (χ2n) is 8.53. The number of aromatic carboxylic acids is 1. The van der Waals surface area contributed by atoms with Crippen molar-refractivity contribution in [3.8, 4) is 5.75 Å². The molecule has 5 heteroatoms. The first kappa shape index (κ1) is 21.4. The molecule has 0 bridgehead atoms. The van der Waals surface area contributed by atoms with Gasteiger partial charge in [-0.3, -0.25) is 4.90 Å². The Kier molecular flexibility index (Phi) is 6.62. The summed E-state index contributed by atoms with van der Waals surface area (Å²) in [5, 5.41) is 10.7. The molecule has 0 aliphatic carbocycles. The Bertz CT molecular complexity index is 1030. The Labute approximate surface area is 184 Å². The van der Waals surface area contributed by atoms with Gasteiger partial charge in [0.25, 0.3) is 0 Å². The molecule has 1 aliphatic heterocycles. The first-order valence-corrected chi connectivity index (χ1v) is 11.4. The molecule has 0 radical (unpaired) electrons. The van der Waals surface area contributed by atoms with Gasteiger partial charge < -0.3 is 14.4 Å². The van der Waals surface area contributed by atoms with E-state index in [4.69, 9.17) is 4.74 Å². The molecule has 1 aromatic heterocycles. The number of fused-ring (bicyclic) bond motifs is 1. The fourth-order valence-electron chi connectivity index (χ4n) is 4.64. The van der Waals surface area contributed by atoms with Crippen molar-refractivity contribution in [1.29, 1.82) is 0 Å². The number of hydrogen-bond donors (Lipinski definition) is 1. The Morgan fingerprint density at radius 1 is 1.13 bits per heavy atom. The summed E-state index contributed by atoms with van der Waals surface area (Å²) in [5.74, 6) is 0.0795. The molecule has 1 saturated heterocycles. The van der Waals surface area contributed by atoms with Gasteiger partial charge in [0.1, 0.15) is 17.9 Å². The number of ether oxygens (including phenoxy) is 1. The van der Waals surface area contributed by atoms with Gasteiger partial charge in [-0.25, -0.2) is 4.79 Å². The number of rotatable bonds is 8. The normalized spacial score (nSPS) is 16.5. The van der Waals surface area contributed by atoms with Crippen LogP contribution in [-0.2, 0) is 0 Å². The Morgan fingerprint density at radius 2 is 1.84 bits per heavy atom. The van der Waals surface area contributed by atoms with E-state index in [1.807, 2.05) is 6.07 Å². The van der Waals surface area contributed by atoms with Gasteiger partial charge in [0, 0.05) is 29.7 Å². The van der Waals surface area contributed by atoms with Crippen LogP contribution in [0.2, 0.25) is 0 Å². The number of carboxylic acid groups (broad SMARTS) is 1. The van der Waals surface area contributed by atoms with E-state index >= 15 is 0 Å². The molecule has 3 aromatic rings. The molecule has 31 heavy (non-hydrogen) atoms. The molecular weight excluding hydrogens is 388 g/mol. The average Bonchev–Trinajstić information content (AvgIpc) is 3.19. The number of para-hydroxylation sites is 2. The van der Waals surface area contributed by atoms with Crippen molar-refractivity contribution < 1.29 is 14.6 Å². The maximum atomic E-state index is 11.3. The van der Waals surface area contributed by atoms with Crippen LogP contribution < -0.4 is 4.74 Å². The molecular formula is C26H32N2O3. The van der Waals surface area contributed by atoms with E-state index in [0.29, 0.717) is 24.3 Å². The summed E-state index contributed by atoms with van der Waals surface area (Å²) in [6.07, 6.45) is 5.80. The third kappa shape index (κ3) is 4.62. The number of carbonyl (C=O) groups is 1. The summed E-state index contributed by atoms with van der Waals surface area (Å²) in [6, 6.07) is 16.1. The lowest BCUT2D eigenvalue weighted by molar-refractivity contribution is 0.0691. The minimum Gasteiger partial charge on any atom is -0.491 e. The summed E-state index contributed by atoms with van der Waals surface area (Å²) in [5.41, 5.74) is 3.06. The van der Waals surface area contributed by atoms with Crippen LogP contribution in [0.25, 0.3) is 10.9 Å². The SMILES string of the molecule is CCC(C)n1cc(C2CCN(CCOc3ccccc3C(=O)O)CC2)c2ccccc21. The van der Waals surface area contributed by atoms with E-state index < -0.39 is 5.97 Å². The number of hydrogen-bond acceptors (Lipinski definition) is 3. The Morgan fingerprint density at radius 3 is 2.58 bits per heavy atom. The minimum atomic E-state index is -0.951. The monoisotopic (exact) mass is 420 g/mol. The Hall–Kier alpha value is -2.79. The van der Waals surface area contributed by atoms with Gasteiger partial charge >= 0.3 is 5.97 Å². The van der Waals surface area contributed by atoms with Gasteiger partial charge in [-0.15, -0.1) is 0 Å². The minimum absolute atomic E-state index is 0.221. The molecule has 2 heterocycles. The molecule has 1 atom stereocenters. The van der Waals surface area contributed by atoms with Crippen molar-refractivity contribution in [2.45, 2.75) is 45.1 Å². The summed E-state index contributed by atoms with van der Waals surface area (Å²) in [7, 11) is 0. The highest BCUT2D eigenvalue weighted by Crippen LogP contribution is 2.36. The zero-order valence-corrected chi connectivity index (χ0v) is 18.5. The third-order valence-corrected chi connectivity index (χ3v) is 6.65. The highest BCUT2D eigenvalue weighted by atomic mass is 16.5. The molecule has 1 fully saturated rings. The van der Waals surface area contributed by atoms with Crippen LogP contribution in [-0.4, -0.2) is 46.8 Å². The fourth-order valence-corrected chi connectivity index (χ4v) is 4.64. The number of benzene rings is 2. The lowest BCUT2D eigenvalue weighted by atomic mass is 9.89. The summed E-state index contributed by atoms with van der Waals surface area (Å²) in [4.78, 5) is 13.7. The zero-order valence-electron chi connectivity index (χ0n) is 18.5. The number of carboxylic acids is 1. The van der Waals surface area contributed by atoms with Gasteiger partial charge in [0.05, 0.1) is 0 Å². The lowest BCUT2D eigenvalue weighted by Gasteiger charge is -2.31. The smallest absolute Gasteiger partial charge is 0.339 e. The summed E-state index contributed by atoms with van der Waals surface area (Å²) >= 11 is 0. The second-order valence-corrected chi connectivity index (χ2v) is 8.53. The highest BCUT2D eigenvalue weighted by Gasteiger charge is 2.24. The molecule has 164 valence electrons. The van der Waals surface area contributed by atoms with Crippen molar-refractivity contribution in [3.63, 3.8) is 0 Å². The first-order chi connectivity index (χ1) is 15.1. The van der Waals surface area contributed by atoms with Crippen molar-refractivity contribution in [2.75, 3.05) is 26.2 Å². The second kappa shape index (κ2) is 9.56. The number of nitrogens with zero attached hydrogens (tertiary/aromatic N) is 2. The molecule has 5 nitrogen and oxygen atoms in total. The van der Waals surface area contributed by atoms with E-state index in [2.05, 4.69) is 53.8 Å². The standard InChI is InChI=1S/C26H32N2O3/c1-3-19(2)28-18-23(21-8-4-6-10-24(21)28)20-12-14-27(15-13-20)16-17-31-25-11-7-5-9-22(25)26(29)30/h4-11,18-20H,3,12-17H2,1-2H3,(H,29,30). The van der Waals surface area contributed by atoms with Crippen molar-refractivity contribution >= 4 is 16.9 Å². The zero-order chi connectivity index (χ0) is 21.8. The first-order valence-electron chi connectivity index (χ1n) is 11.4. The van der Waals surface area contributed by atoms with Gasteiger partial charge in [-0.1, -0.05) is 37.3 Å². The lowest BCUT2D eigenvalue weighted by Crippen LogP contribution is -2.35. The molecule has 1 aliphatic rings. The topological polar surface area (TPSA) is 54.7 Å². The summed E-state index contributed by atoms with van der Waals surface area (Å²) in [6.45, 7) is 7.93. The number of piperidine rings is 1. The number of likely N-dealkylation sites (tertiary alicyclic amines) is 1. The van der Waals surface area contributed by atoms with Crippen LogP contribution in [0.4, 0.5) is 0 Å². The van der Waals surface area contributed by atoms with Crippen LogP contribution in [0.1, 0.15) is 61.0 Å². The maximum Gasteiger partial charge on any atom is 0.339 e. The van der Waals surface area contributed by atoms with Gasteiger partial charge in [0.15, 0.2) is 0 Å². The van der Waals surface area contributed by atoms with Crippen molar-refractivity contribution in [2.24, 2.45) is 0 Å². The van der Waals surface area contributed by atoms with Crippen LogP contribution in [0.5, 0.6) is 5.75 Å². The van der Waals surface area contributed by atoms with E-state index in [-0.39, 0.29) is 5.56 Å². The van der Waals surface area contributed by atoms with E-state index in [1.54, 1.807) is 18.2 Å². The molecule has 1 N–H and O–H groups in total. The molecule has 0 spiro atoms. The van der Waals surface area contributed by atoms with Crippen molar-refractivity contribution in [3.05, 3.63) is 65.9 Å². The molecule has 0 amide bonds. The van der Waals surface area contributed by atoms with Gasteiger partial charge in [-0.2, -0.15) is 0 Å². The predicted molar refractivity (Wildman–Crippen MR) is 124 cm³/mol. The molecule has 4 rings (SSSR count). The van der Waals surface area contributed by atoms with Gasteiger partial charge in [-0.05, 0) is 69.0 Å². The molecule has 0 saturated carbocycles. The Balaban J connectivity index is 1.36. The van der Waals surface area contributed by atoms with Gasteiger partial charge in [0.2, 0.25) is 0 Å². The average molecular weight is 421 g/mol. The quantitative estimate of drug-likeness (QED) is 0.518. The number of aromatic nitrogens is 1. The predicted octanol–water partition coefficient (Wildman–Crippen LogP) is 5.57. The highest BCUT2D eigenvalue weighted by molar-refractivity contribution is 5.90. The van der Waals surface area contributed by atoms with Crippen LogP contribution >= 0.6 is 0 Å². The van der Waals surface area contributed by atoms with E-state index in [0.717, 1.165) is 38.9 Å². The maximum absolute atomic E-state index is 11.3. The van der Waals surface area contributed by atoms with Crippen LogP contribution in [0, 0.1) is 0 Å². The third-order valence-electron chi connectivity index (χ3n) is 6.65. The van der Waals surface area contributed by atoms with Crippen LogP contribution in [0.3, 0.4) is 0 Å². The largest absolute Gasteiger partial charge is 0.491 e. The summed E-state index contributed by atoms with van der Waals surface area (Å²) < 4.78 is 8.24. The fraction of sp³-hybridized carbons (Fsp3) is 0.423.